The number of phenols is 1. The van der Waals surface area contributed by atoms with E-state index in [4.69, 9.17) is 39.9 Å². The lowest BCUT2D eigenvalue weighted by atomic mass is 9.91. The maximum absolute atomic E-state index is 14.8. The lowest BCUT2D eigenvalue weighted by Crippen LogP contribution is -2.70. The third kappa shape index (κ3) is 14.6. The molecule has 81 heavy (non-hydrogen) atoms. The van der Waals surface area contributed by atoms with Crippen LogP contribution in [0.5, 0.6) is 5.75 Å². The van der Waals surface area contributed by atoms with Crippen LogP contribution in [0.25, 0.3) is 0 Å². The second kappa shape index (κ2) is 27.1. The van der Waals surface area contributed by atoms with E-state index in [1.165, 1.54) is 24.3 Å². The molecule has 33 nitrogen and oxygen atoms in total. The summed E-state index contributed by atoms with van der Waals surface area (Å²) in [5.74, 6) is -4.76. The van der Waals surface area contributed by atoms with Gasteiger partial charge in [0.1, 0.15) is 122 Å². The fraction of sp³-hybridized carbons (Fsp3) is 0.750. The summed E-state index contributed by atoms with van der Waals surface area (Å²) in [7, 11) is 0. The van der Waals surface area contributed by atoms with Crippen LogP contribution in [0.3, 0.4) is 0 Å². The average Bonchev–Trinajstić information content (AvgIpc) is 4.13. The van der Waals surface area contributed by atoms with Crippen LogP contribution in [0.1, 0.15) is 32.8 Å². The van der Waals surface area contributed by atoms with Gasteiger partial charge < -0.3 is 137 Å². The van der Waals surface area contributed by atoms with Gasteiger partial charge >= 0.3 is 0 Å². The lowest BCUT2D eigenvalue weighted by molar-refractivity contribution is -0.379. The number of carbonyl (C=O) groups excluding carboxylic acids is 4. The number of hydrogen-bond donors (Lipinski definition) is 20. The minimum atomic E-state index is -2.25. The van der Waals surface area contributed by atoms with Crippen LogP contribution in [-0.2, 0) is 54.0 Å². The van der Waals surface area contributed by atoms with Crippen LogP contribution < -0.4 is 38.1 Å². The molecule has 0 bridgehead atoms. The standard InChI is InChI=1S/C48H76N10O23/c1-48(2,3)9-26-76-16-25-39(80-26)34(69)37(72)45(79-25)81-38-24(15-62)77-43(35(70)33(38)68)54-20(8-17-4-6-19(63)7-5-17)40(73)56-27(29(64)21-10-51-46(49)55-21)42(75)57-28(41(74)53-18(12-59)13-60)30(65)22-11-52-47(50)58(22)44-36(71)32(67)31(66)23(14-61)78-44/h4-7,12,18,20-39,43-45,54,60-72H,8-11,13-16H2,1-3H3,(H2,50,52)(H,53,74)(H,56,73)(H,57,75)(H3,49,51,55)/t18-,20-,21?,22?,23-,24-,25-,26?,27+,28-,29?,30?,31-,32+,33-,34-,35+,36+,37+,38-,39-,43+,44+,45-/m1/s1. The third-order valence-electron chi connectivity index (χ3n) is 14.7. The highest BCUT2D eigenvalue weighted by molar-refractivity contribution is 5.95. The van der Waals surface area contributed by atoms with Crippen molar-refractivity contribution in [1.82, 2.24) is 31.5 Å². The van der Waals surface area contributed by atoms with E-state index >= 15 is 0 Å². The van der Waals surface area contributed by atoms with Crippen molar-refractivity contribution in [3.8, 4) is 5.75 Å². The Morgan fingerprint density at radius 1 is 0.790 bits per heavy atom. The molecule has 0 aliphatic carbocycles. The molecule has 1 aromatic carbocycles. The summed E-state index contributed by atoms with van der Waals surface area (Å²) in [6, 6.07) is -5.17. The molecule has 0 saturated carbocycles. The normalized spacial score (nSPS) is 36.6. The first kappa shape index (κ1) is 63.5. The molecule has 33 heteroatoms. The van der Waals surface area contributed by atoms with Gasteiger partial charge in [0, 0.05) is 6.42 Å². The molecule has 1 aromatic rings. The number of nitrogens with two attached hydrogens (primary N) is 2. The molecular weight excluding hydrogens is 1080 g/mol. The molecule has 0 radical (unpaired) electrons. The van der Waals surface area contributed by atoms with Gasteiger partial charge in [-0.15, -0.1) is 0 Å². The number of aliphatic hydroxyl groups is 12. The zero-order valence-electron chi connectivity index (χ0n) is 44.3. The number of ether oxygens (including phenoxy) is 6. The van der Waals surface area contributed by atoms with E-state index in [0.29, 0.717) is 12.0 Å². The van der Waals surface area contributed by atoms with Gasteiger partial charge in [-0.05, 0) is 29.5 Å². The van der Waals surface area contributed by atoms with Gasteiger partial charge in [0.05, 0.1) is 57.6 Å². The number of nitrogens with one attached hydrogen (secondary N) is 5. The predicted octanol–water partition coefficient (Wildman–Crippen LogP) is -11.2. The Labute approximate surface area is 462 Å². The van der Waals surface area contributed by atoms with Crippen molar-refractivity contribution < 1.29 is 114 Å². The van der Waals surface area contributed by atoms with Crippen LogP contribution in [0, 0.1) is 5.41 Å². The summed E-state index contributed by atoms with van der Waals surface area (Å²) in [5, 5.41) is 154. The Hall–Kier alpha value is -5.12. The second-order valence-electron chi connectivity index (χ2n) is 21.9. The molecule has 4 saturated heterocycles. The first-order valence-corrected chi connectivity index (χ1v) is 26.2. The van der Waals surface area contributed by atoms with Gasteiger partial charge in [0.25, 0.3) is 0 Å². The van der Waals surface area contributed by atoms with Gasteiger partial charge in [-0.1, -0.05) is 32.9 Å². The van der Waals surface area contributed by atoms with Crippen molar-refractivity contribution in [3.63, 3.8) is 0 Å². The van der Waals surface area contributed by atoms with E-state index in [2.05, 4.69) is 36.6 Å². The number of nitrogens with zero attached hydrogens (tertiary/aromatic N) is 3. The number of carbonyl (C=O) groups is 4. The van der Waals surface area contributed by atoms with E-state index in [9.17, 15) is 85.6 Å². The maximum atomic E-state index is 14.8. The molecule has 24 atom stereocenters. The van der Waals surface area contributed by atoms with Crippen molar-refractivity contribution in [2.75, 3.05) is 39.5 Å². The Morgan fingerprint density at radius 3 is 2.06 bits per heavy atom. The Balaban J connectivity index is 1.14. The highest BCUT2D eigenvalue weighted by Gasteiger charge is 2.55. The monoisotopic (exact) mass is 1160 g/mol. The topological polar surface area (TPSA) is 527 Å². The van der Waals surface area contributed by atoms with E-state index in [1.807, 2.05) is 20.8 Å². The van der Waals surface area contributed by atoms with Gasteiger partial charge in [-0.3, -0.25) is 29.7 Å². The Bertz CT molecular complexity index is 2350. The zero-order chi connectivity index (χ0) is 59.4. The number of aldehydes is 1. The third-order valence-corrected chi connectivity index (χ3v) is 14.7. The lowest BCUT2D eigenvalue weighted by Gasteiger charge is -2.49. The molecule has 6 aliphatic rings. The van der Waals surface area contributed by atoms with E-state index in [0.717, 1.165) is 4.90 Å². The maximum Gasteiger partial charge on any atom is 0.246 e. The summed E-state index contributed by atoms with van der Waals surface area (Å²) < 4.78 is 35.2. The van der Waals surface area contributed by atoms with Gasteiger partial charge in [0.2, 0.25) is 17.7 Å². The van der Waals surface area contributed by atoms with Crippen LogP contribution in [0.2, 0.25) is 0 Å². The minimum absolute atomic E-state index is 0.0805. The molecule has 6 heterocycles. The van der Waals surface area contributed by atoms with Crippen LogP contribution in [-0.4, -0.2) is 293 Å². The number of phenolic OH excluding ortho intramolecular Hbond substituents is 1. The number of aliphatic hydroxyl groups excluding tert-OH is 12. The van der Waals surface area contributed by atoms with Crippen molar-refractivity contribution in [1.29, 1.82) is 0 Å². The number of guanidine groups is 2. The number of aliphatic imine (C=N–C) groups is 2. The summed E-state index contributed by atoms with van der Waals surface area (Å²) in [6.45, 7) is 2.25. The molecule has 5 unspecified atom stereocenters. The summed E-state index contributed by atoms with van der Waals surface area (Å²) in [6.07, 6.45) is -30.0. The van der Waals surface area contributed by atoms with Gasteiger partial charge in [-0.2, -0.15) is 0 Å². The zero-order valence-corrected chi connectivity index (χ0v) is 44.3. The molecule has 0 aromatic heterocycles. The van der Waals surface area contributed by atoms with Crippen LogP contribution in [0.4, 0.5) is 0 Å². The van der Waals surface area contributed by atoms with Crippen molar-refractivity contribution >= 4 is 35.9 Å². The summed E-state index contributed by atoms with van der Waals surface area (Å²) in [4.78, 5) is 64.5. The first-order valence-electron chi connectivity index (χ1n) is 26.2. The number of fused-ring (bicyclic) bond motifs is 1. The van der Waals surface area contributed by atoms with Crippen molar-refractivity contribution in [2.24, 2.45) is 26.9 Å². The van der Waals surface area contributed by atoms with Gasteiger partial charge in [0.15, 0.2) is 30.7 Å². The van der Waals surface area contributed by atoms with E-state index in [1.54, 1.807) is 0 Å². The molecule has 6 aliphatic heterocycles. The van der Waals surface area contributed by atoms with E-state index in [-0.39, 0.29) is 43.0 Å². The molecular formula is C48H76N10O23. The fourth-order valence-electron chi connectivity index (χ4n) is 10.2. The summed E-state index contributed by atoms with van der Waals surface area (Å²) >= 11 is 0. The minimum Gasteiger partial charge on any atom is -0.508 e. The van der Waals surface area contributed by atoms with Crippen molar-refractivity contribution in [2.45, 2.75) is 180 Å². The molecule has 0 spiro atoms. The SMILES string of the molecule is CC(C)(C)CC1OC[C@H]2O[C@H](O[C@H]3[C@H](O)[C@H](O)[C@@H](N[C@H](Cc4ccc(O)cc4)C(=O)N[C@H](C(=O)N[C@@H](C(=O)N[C@H](C=O)CO)C(O)C4CN=C(N)N4[C@H]4O[C@H](CO)[C@@H](O)[C@H](O)[C@@H]4O)C(O)C4CN=C(N)N4)O[C@@H]3CO)[C@@H](O)[C@@H](O)[C@@H]2O1. The number of rotatable bonds is 22. The highest BCUT2D eigenvalue weighted by atomic mass is 16.8. The summed E-state index contributed by atoms with van der Waals surface area (Å²) in [5.41, 5.74) is 12.1. The highest BCUT2D eigenvalue weighted by Crippen LogP contribution is 2.35. The molecule has 7 rings (SSSR count). The first-order chi connectivity index (χ1) is 38.3. The van der Waals surface area contributed by atoms with E-state index < -0.39 is 197 Å². The number of benzene rings is 1. The van der Waals surface area contributed by atoms with Crippen LogP contribution in [0.15, 0.2) is 34.3 Å². The molecule has 3 amide bonds. The Morgan fingerprint density at radius 2 is 1.44 bits per heavy atom. The van der Waals surface area contributed by atoms with Gasteiger partial charge in [-0.25, -0.2) is 0 Å². The second-order valence-corrected chi connectivity index (χ2v) is 21.9. The fourth-order valence-corrected chi connectivity index (χ4v) is 10.2. The number of aromatic hydroxyl groups is 1. The predicted molar refractivity (Wildman–Crippen MR) is 271 cm³/mol. The van der Waals surface area contributed by atoms with Crippen LogP contribution >= 0.6 is 0 Å². The number of hydrogen-bond acceptors (Lipinski definition) is 30. The van der Waals surface area contributed by atoms with Crippen molar-refractivity contribution in [3.05, 3.63) is 29.8 Å². The molecule has 4 fully saturated rings. The Kier molecular flexibility index (Phi) is 21.2. The number of amides is 3. The average molecular weight is 1160 g/mol. The smallest absolute Gasteiger partial charge is 0.246 e. The largest absolute Gasteiger partial charge is 0.508 e. The quantitative estimate of drug-likeness (QED) is 0.0479. The molecule has 22 N–H and O–H groups in total. The molecule has 456 valence electrons.